The summed E-state index contributed by atoms with van der Waals surface area (Å²) in [6.45, 7) is 2.17. The van der Waals surface area contributed by atoms with Gasteiger partial charge in [-0.05, 0) is 25.1 Å². The van der Waals surface area contributed by atoms with E-state index in [4.69, 9.17) is 16.4 Å². The molecule has 0 aliphatic carbocycles. The number of aromatic nitrogens is 2. The molecule has 0 saturated heterocycles. The van der Waals surface area contributed by atoms with Crippen molar-refractivity contribution in [3.63, 3.8) is 0 Å². The lowest BCUT2D eigenvalue weighted by atomic mass is 10.1. The highest BCUT2D eigenvalue weighted by Crippen LogP contribution is 2.25. The minimum absolute atomic E-state index is 0.343. The molecule has 0 saturated carbocycles. The van der Waals surface area contributed by atoms with Crippen molar-refractivity contribution in [2.24, 2.45) is 0 Å². The minimum atomic E-state index is -0.383. The maximum atomic E-state index is 12.4. The topological polar surface area (TPSA) is 56.1 Å². The Kier molecular flexibility index (Phi) is 4.93. The van der Waals surface area contributed by atoms with Crippen molar-refractivity contribution in [3.05, 3.63) is 71.4 Å². The van der Waals surface area contributed by atoms with E-state index in [9.17, 15) is 4.79 Å². The molecule has 6 heteroatoms. The summed E-state index contributed by atoms with van der Waals surface area (Å²) in [6.07, 6.45) is 0. The Hall–Kier alpha value is -2.63. The fraction of sp³-hybridized carbons (Fsp3) is 0.111. The van der Waals surface area contributed by atoms with Crippen LogP contribution in [0.15, 0.2) is 60.7 Å². The first-order valence-corrected chi connectivity index (χ1v) is 7.91. The molecule has 0 unspecified atom stereocenters. The van der Waals surface area contributed by atoms with E-state index in [1.807, 2.05) is 48.5 Å². The van der Waals surface area contributed by atoms with Crippen LogP contribution in [0.1, 0.15) is 17.4 Å². The van der Waals surface area contributed by atoms with Crippen LogP contribution in [0.2, 0.25) is 5.02 Å². The fourth-order valence-corrected chi connectivity index (χ4v) is 2.51. The summed E-state index contributed by atoms with van der Waals surface area (Å²) in [7, 11) is 0. The molecule has 0 bridgehead atoms. The highest BCUT2D eigenvalue weighted by Gasteiger charge is 2.19. The van der Waals surface area contributed by atoms with Crippen molar-refractivity contribution >= 4 is 17.5 Å². The Morgan fingerprint density at radius 2 is 1.88 bits per heavy atom. The standard InChI is InChI=1S/C18H16ClN3O2/c1-2-24-21-18(23)17-12-15(13-8-4-3-5-9-13)20-22(17)16-11-7-6-10-14(16)19/h3-12H,2H2,1H3,(H,21,23). The largest absolute Gasteiger partial charge is 0.293 e. The number of hydroxylamine groups is 1. The zero-order chi connectivity index (χ0) is 16.9. The summed E-state index contributed by atoms with van der Waals surface area (Å²) in [5, 5.41) is 5.06. The van der Waals surface area contributed by atoms with E-state index in [1.54, 1.807) is 19.1 Å². The normalized spacial score (nSPS) is 10.6. The van der Waals surface area contributed by atoms with Gasteiger partial charge < -0.3 is 0 Å². The van der Waals surface area contributed by atoms with Crippen LogP contribution in [0.4, 0.5) is 0 Å². The monoisotopic (exact) mass is 341 g/mol. The molecule has 0 aliphatic rings. The van der Waals surface area contributed by atoms with Crippen LogP contribution in [-0.4, -0.2) is 22.3 Å². The maximum absolute atomic E-state index is 12.4. The second kappa shape index (κ2) is 7.29. The smallest absolute Gasteiger partial charge is 0.274 e. The lowest BCUT2D eigenvalue weighted by molar-refractivity contribution is 0.0357. The number of benzene rings is 2. The van der Waals surface area contributed by atoms with Gasteiger partial charge in [-0.2, -0.15) is 5.10 Å². The molecule has 1 N–H and O–H groups in total. The van der Waals surface area contributed by atoms with Crippen molar-refractivity contribution in [1.29, 1.82) is 0 Å². The van der Waals surface area contributed by atoms with Crippen LogP contribution in [0.25, 0.3) is 16.9 Å². The lowest BCUT2D eigenvalue weighted by Gasteiger charge is -2.09. The first kappa shape index (κ1) is 16.2. The number of hydrogen-bond donors (Lipinski definition) is 1. The van der Waals surface area contributed by atoms with Crippen LogP contribution >= 0.6 is 11.6 Å². The van der Waals surface area contributed by atoms with E-state index in [-0.39, 0.29) is 5.91 Å². The summed E-state index contributed by atoms with van der Waals surface area (Å²) in [6, 6.07) is 18.6. The SMILES string of the molecule is CCONC(=O)c1cc(-c2ccccc2)nn1-c1ccccc1Cl. The van der Waals surface area contributed by atoms with Gasteiger partial charge in [-0.25, -0.2) is 10.2 Å². The molecule has 0 atom stereocenters. The van der Waals surface area contributed by atoms with Crippen molar-refractivity contribution in [1.82, 2.24) is 15.3 Å². The highest BCUT2D eigenvalue weighted by molar-refractivity contribution is 6.32. The summed E-state index contributed by atoms with van der Waals surface area (Å²) < 4.78 is 1.53. The Morgan fingerprint density at radius 3 is 2.58 bits per heavy atom. The molecule has 0 aliphatic heterocycles. The van der Waals surface area contributed by atoms with Crippen LogP contribution in [0.3, 0.4) is 0 Å². The van der Waals surface area contributed by atoms with E-state index >= 15 is 0 Å². The molecule has 0 spiro atoms. The van der Waals surface area contributed by atoms with Gasteiger partial charge in [0.15, 0.2) is 0 Å². The molecule has 3 aromatic rings. The maximum Gasteiger partial charge on any atom is 0.293 e. The third-order valence-electron chi connectivity index (χ3n) is 3.40. The molecule has 3 rings (SSSR count). The molecular formula is C18H16ClN3O2. The number of amides is 1. The average Bonchev–Trinajstić information content (AvgIpc) is 3.06. The van der Waals surface area contributed by atoms with Crippen LogP contribution in [0.5, 0.6) is 0 Å². The summed E-state index contributed by atoms with van der Waals surface area (Å²) in [5.41, 5.74) is 4.96. The second-order valence-electron chi connectivity index (χ2n) is 5.01. The lowest BCUT2D eigenvalue weighted by Crippen LogP contribution is -2.26. The molecule has 0 fully saturated rings. The van der Waals surface area contributed by atoms with Gasteiger partial charge in [-0.15, -0.1) is 0 Å². The number of nitrogens with one attached hydrogen (secondary N) is 1. The van der Waals surface area contributed by atoms with E-state index in [1.165, 1.54) is 4.68 Å². The van der Waals surface area contributed by atoms with Crippen LogP contribution in [0, 0.1) is 0 Å². The minimum Gasteiger partial charge on any atom is -0.274 e. The van der Waals surface area contributed by atoms with Crippen molar-refractivity contribution in [2.75, 3.05) is 6.61 Å². The first-order valence-electron chi connectivity index (χ1n) is 7.53. The average molecular weight is 342 g/mol. The Labute approximate surface area is 144 Å². The third kappa shape index (κ3) is 3.32. The number of hydrogen-bond acceptors (Lipinski definition) is 3. The van der Waals surface area contributed by atoms with Crippen molar-refractivity contribution in [3.8, 4) is 16.9 Å². The molecule has 1 heterocycles. The molecule has 1 aromatic heterocycles. The fourth-order valence-electron chi connectivity index (χ4n) is 2.29. The number of nitrogens with zero attached hydrogens (tertiary/aromatic N) is 2. The number of halogens is 1. The summed E-state index contributed by atoms with van der Waals surface area (Å²) in [5.74, 6) is -0.383. The Bertz CT molecular complexity index is 846. The number of para-hydroxylation sites is 1. The Morgan fingerprint density at radius 1 is 1.17 bits per heavy atom. The van der Waals surface area contributed by atoms with E-state index in [2.05, 4.69) is 10.6 Å². The quantitative estimate of drug-likeness (QED) is 0.717. The Balaban J connectivity index is 2.10. The van der Waals surface area contributed by atoms with E-state index in [0.29, 0.717) is 28.7 Å². The zero-order valence-electron chi connectivity index (χ0n) is 13.1. The van der Waals surface area contributed by atoms with Gasteiger partial charge in [0.05, 0.1) is 23.0 Å². The number of rotatable bonds is 5. The van der Waals surface area contributed by atoms with Gasteiger partial charge in [0.2, 0.25) is 0 Å². The van der Waals surface area contributed by atoms with E-state index in [0.717, 1.165) is 5.56 Å². The first-order chi connectivity index (χ1) is 11.7. The highest BCUT2D eigenvalue weighted by atomic mass is 35.5. The van der Waals surface area contributed by atoms with Gasteiger partial charge in [0.1, 0.15) is 5.69 Å². The van der Waals surface area contributed by atoms with E-state index < -0.39 is 0 Å². The molecule has 5 nitrogen and oxygen atoms in total. The molecular weight excluding hydrogens is 326 g/mol. The predicted octanol–water partition coefficient (Wildman–Crippen LogP) is 3.87. The number of carbonyl (C=O) groups is 1. The molecule has 122 valence electrons. The van der Waals surface area contributed by atoms with Gasteiger partial charge in [-0.3, -0.25) is 9.63 Å². The third-order valence-corrected chi connectivity index (χ3v) is 3.72. The van der Waals surface area contributed by atoms with Gasteiger partial charge in [0, 0.05) is 5.56 Å². The van der Waals surface area contributed by atoms with Gasteiger partial charge in [-0.1, -0.05) is 54.1 Å². The molecule has 24 heavy (non-hydrogen) atoms. The summed E-state index contributed by atoms with van der Waals surface area (Å²) >= 11 is 6.27. The van der Waals surface area contributed by atoms with Crippen molar-refractivity contribution < 1.29 is 9.63 Å². The molecule has 1 amide bonds. The van der Waals surface area contributed by atoms with Crippen molar-refractivity contribution in [2.45, 2.75) is 6.92 Å². The van der Waals surface area contributed by atoms with Crippen LogP contribution in [-0.2, 0) is 4.84 Å². The van der Waals surface area contributed by atoms with Gasteiger partial charge >= 0.3 is 0 Å². The second-order valence-corrected chi connectivity index (χ2v) is 5.42. The molecule has 2 aromatic carbocycles. The predicted molar refractivity (Wildman–Crippen MR) is 93.1 cm³/mol. The summed E-state index contributed by atoms with van der Waals surface area (Å²) in [4.78, 5) is 17.4. The van der Waals surface area contributed by atoms with Gasteiger partial charge in [0.25, 0.3) is 5.91 Å². The number of carbonyl (C=O) groups excluding carboxylic acids is 1. The molecule has 0 radical (unpaired) electrons. The van der Waals surface area contributed by atoms with Crippen LogP contribution < -0.4 is 5.48 Å². The zero-order valence-corrected chi connectivity index (χ0v) is 13.8.